The number of aryl methyl sites for hydroxylation is 1. The molecule has 1 amide bonds. The van der Waals surface area contributed by atoms with Gasteiger partial charge in [-0.15, -0.1) is 5.10 Å². The number of amides is 1. The van der Waals surface area contributed by atoms with Crippen LogP contribution < -0.4 is 4.90 Å². The molecule has 146 valence electrons. The van der Waals surface area contributed by atoms with Crippen LogP contribution in [0.2, 0.25) is 5.02 Å². The summed E-state index contributed by atoms with van der Waals surface area (Å²) in [5.41, 5.74) is 1.33. The van der Waals surface area contributed by atoms with Gasteiger partial charge in [0.15, 0.2) is 0 Å². The van der Waals surface area contributed by atoms with Crippen LogP contribution >= 0.6 is 11.6 Å². The molecule has 0 radical (unpaired) electrons. The van der Waals surface area contributed by atoms with Crippen LogP contribution in [-0.4, -0.2) is 56.7 Å². The van der Waals surface area contributed by atoms with Gasteiger partial charge in [0, 0.05) is 37.4 Å². The summed E-state index contributed by atoms with van der Waals surface area (Å²) in [5, 5.41) is 14.3. The lowest BCUT2D eigenvalue weighted by atomic mass is 10.2. The number of carbonyl (C=O) groups excluding carboxylic acids is 1. The van der Waals surface area contributed by atoms with E-state index in [1.165, 1.54) is 0 Å². The van der Waals surface area contributed by atoms with Gasteiger partial charge in [-0.3, -0.25) is 4.79 Å². The largest absolute Gasteiger partial charge is 0.352 e. The second-order valence-electron chi connectivity index (χ2n) is 6.64. The van der Waals surface area contributed by atoms with Gasteiger partial charge in [-0.25, -0.2) is 14.6 Å². The number of benzene rings is 1. The van der Waals surface area contributed by atoms with E-state index in [9.17, 15) is 10.1 Å². The molecule has 1 aromatic carbocycles. The lowest BCUT2D eigenvalue weighted by Gasteiger charge is -2.35. The van der Waals surface area contributed by atoms with Crippen LogP contribution in [0.5, 0.6) is 0 Å². The Kier molecular flexibility index (Phi) is 5.14. The van der Waals surface area contributed by atoms with Gasteiger partial charge in [-0.05, 0) is 43.3 Å². The minimum Gasteiger partial charge on any atom is -0.352 e. The maximum atomic E-state index is 12.9. The van der Waals surface area contributed by atoms with Crippen LogP contribution in [0.1, 0.15) is 22.0 Å². The first kappa shape index (κ1) is 18.9. The van der Waals surface area contributed by atoms with E-state index in [1.54, 1.807) is 47.0 Å². The van der Waals surface area contributed by atoms with Gasteiger partial charge in [0.1, 0.15) is 17.7 Å². The number of halogens is 1. The Labute approximate surface area is 173 Å². The van der Waals surface area contributed by atoms with E-state index >= 15 is 0 Å². The van der Waals surface area contributed by atoms with Crippen molar-refractivity contribution in [2.75, 3.05) is 31.1 Å². The van der Waals surface area contributed by atoms with Crippen molar-refractivity contribution in [2.45, 2.75) is 6.92 Å². The number of aromatic nitrogens is 4. The highest BCUT2D eigenvalue weighted by molar-refractivity contribution is 6.30. The van der Waals surface area contributed by atoms with Gasteiger partial charge >= 0.3 is 0 Å². The van der Waals surface area contributed by atoms with Crippen molar-refractivity contribution in [3.05, 3.63) is 64.8 Å². The summed E-state index contributed by atoms with van der Waals surface area (Å²) in [6, 6.07) is 12.9. The van der Waals surface area contributed by atoms with E-state index in [0.29, 0.717) is 48.4 Å². The van der Waals surface area contributed by atoms with Crippen molar-refractivity contribution < 1.29 is 4.79 Å². The number of rotatable bonds is 3. The molecule has 0 atom stereocenters. The first-order valence-corrected chi connectivity index (χ1v) is 9.53. The summed E-state index contributed by atoms with van der Waals surface area (Å²) in [7, 11) is 0. The van der Waals surface area contributed by atoms with Crippen LogP contribution in [0.15, 0.2) is 42.6 Å². The van der Waals surface area contributed by atoms with Gasteiger partial charge < -0.3 is 9.80 Å². The Hall–Kier alpha value is -3.44. The third kappa shape index (κ3) is 3.77. The molecule has 0 N–H and O–H groups in total. The number of hydrogen-bond acceptors (Lipinski definition) is 6. The van der Waals surface area contributed by atoms with Crippen LogP contribution in [0, 0.1) is 18.3 Å². The molecule has 1 aliphatic rings. The van der Waals surface area contributed by atoms with E-state index < -0.39 is 0 Å². The van der Waals surface area contributed by atoms with Crippen molar-refractivity contribution in [3.8, 4) is 11.8 Å². The second-order valence-corrected chi connectivity index (χ2v) is 7.07. The molecule has 9 heteroatoms. The lowest BCUT2D eigenvalue weighted by molar-refractivity contribution is 0.0734. The zero-order valence-corrected chi connectivity index (χ0v) is 16.5. The molecule has 0 saturated carbocycles. The van der Waals surface area contributed by atoms with Crippen LogP contribution in [0.3, 0.4) is 0 Å². The van der Waals surface area contributed by atoms with Gasteiger partial charge in [0.05, 0.1) is 11.3 Å². The normalized spacial score (nSPS) is 14.0. The molecule has 8 nitrogen and oxygen atoms in total. The smallest absolute Gasteiger partial charge is 0.293 e. The minimum atomic E-state index is -0.206. The van der Waals surface area contributed by atoms with Crippen molar-refractivity contribution in [1.82, 2.24) is 24.6 Å². The third-order valence-electron chi connectivity index (χ3n) is 4.80. The summed E-state index contributed by atoms with van der Waals surface area (Å²) >= 11 is 5.94. The molecular weight excluding hydrogens is 390 g/mol. The molecule has 3 aromatic rings. The van der Waals surface area contributed by atoms with Gasteiger partial charge in [0.25, 0.3) is 5.91 Å². The minimum absolute atomic E-state index is 0.168. The Bertz CT molecular complexity index is 1080. The topological polar surface area (TPSA) is 90.9 Å². The van der Waals surface area contributed by atoms with Gasteiger partial charge in [-0.1, -0.05) is 11.6 Å². The first-order chi connectivity index (χ1) is 14.1. The van der Waals surface area contributed by atoms with E-state index in [1.807, 2.05) is 17.0 Å². The molecule has 4 rings (SSSR count). The molecule has 0 aliphatic carbocycles. The predicted molar refractivity (Wildman–Crippen MR) is 108 cm³/mol. The number of hydrogen-bond donors (Lipinski definition) is 0. The fourth-order valence-corrected chi connectivity index (χ4v) is 3.43. The second kappa shape index (κ2) is 7.89. The van der Waals surface area contributed by atoms with E-state index in [0.717, 1.165) is 5.69 Å². The van der Waals surface area contributed by atoms with Crippen LogP contribution in [-0.2, 0) is 0 Å². The van der Waals surface area contributed by atoms with E-state index in [2.05, 4.69) is 21.1 Å². The zero-order chi connectivity index (χ0) is 20.4. The number of anilines is 1. The molecular formula is C20H18ClN7O. The van der Waals surface area contributed by atoms with Crippen molar-refractivity contribution >= 4 is 23.3 Å². The molecule has 2 aromatic heterocycles. The van der Waals surface area contributed by atoms with Crippen molar-refractivity contribution in [2.24, 2.45) is 0 Å². The molecule has 0 spiro atoms. The monoisotopic (exact) mass is 407 g/mol. The predicted octanol–water partition coefficient (Wildman–Crippen LogP) is 2.46. The maximum absolute atomic E-state index is 12.9. The molecule has 29 heavy (non-hydrogen) atoms. The van der Waals surface area contributed by atoms with E-state index in [4.69, 9.17) is 11.6 Å². The Morgan fingerprint density at radius 3 is 2.55 bits per heavy atom. The fraction of sp³-hybridized carbons (Fsp3) is 0.250. The number of nitrogens with zero attached hydrogens (tertiary/aromatic N) is 7. The van der Waals surface area contributed by atoms with Crippen LogP contribution in [0.4, 0.5) is 5.82 Å². The summed E-state index contributed by atoms with van der Waals surface area (Å²) in [6.45, 7) is 4.01. The number of nitriles is 1. The molecule has 1 saturated heterocycles. The summed E-state index contributed by atoms with van der Waals surface area (Å²) in [4.78, 5) is 25.3. The highest BCUT2D eigenvalue weighted by atomic mass is 35.5. The lowest BCUT2D eigenvalue weighted by Crippen LogP contribution is -2.49. The highest BCUT2D eigenvalue weighted by Gasteiger charge is 2.27. The standard InChI is InChI=1S/C20H18ClN7O/c1-14-24-18(25-28(14)17-6-4-16(21)5-7-17)20(29)27-11-9-26(10-12-27)19-15(13-22)3-2-8-23-19/h2-8H,9-12H2,1H3. The SMILES string of the molecule is Cc1nc(C(=O)N2CCN(c3ncccc3C#N)CC2)nn1-c1ccc(Cl)cc1. The number of carbonyl (C=O) groups is 1. The Morgan fingerprint density at radius 1 is 1.14 bits per heavy atom. The summed E-state index contributed by atoms with van der Waals surface area (Å²) in [5.74, 6) is 1.24. The van der Waals surface area contributed by atoms with E-state index in [-0.39, 0.29) is 11.7 Å². The highest BCUT2D eigenvalue weighted by Crippen LogP contribution is 2.19. The molecule has 0 bridgehead atoms. The maximum Gasteiger partial charge on any atom is 0.293 e. The Balaban J connectivity index is 1.47. The quantitative estimate of drug-likeness (QED) is 0.662. The molecule has 3 heterocycles. The number of piperazine rings is 1. The third-order valence-corrected chi connectivity index (χ3v) is 5.06. The average Bonchev–Trinajstić information content (AvgIpc) is 3.15. The Morgan fingerprint density at radius 2 is 1.86 bits per heavy atom. The van der Waals surface area contributed by atoms with Gasteiger partial charge in [-0.2, -0.15) is 5.26 Å². The summed E-state index contributed by atoms with van der Waals surface area (Å²) in [6.07, 6.45) is 1.67. The average molecular weight is 408 g/mol. The van der Waals surface area contributed by atoms with Gasteiger partial charge in [0.2, 0.25) is 5.82 Å². The molecule has 1 aliphatic heterocycles. The molecule has 1 fully saturated rings. The first-order valence-electron chi connectivity index (χ1n) is 9.16. The van der Waals surface area contributed by atoms with Crippen molar-refractivity contribution in [3.63, 3.8) is 0 Å². The van der Waals surface area contributed by atoms with Crippen LogP contribution in [0.25, 0.3) is 5.69 Å². The summed E-state index contributed by atoms with van der Waals surface area (Å²) < 4.78 is 1.63. The number of pyridine rings is 1. The zero-order valence-electron chi connectivity index (χ0n) is 15.8. The fourth-order valence-electron chi connectivity index (χ4n) is 3.31. The van der Waals surface area contributed by atoms with Crippen molar-refractivity contribution in [1.29, 1.82) is 5.26 Å². The molecule has 0 unspecified atom stereocenters.